The summed E-state index contributed by atoms with van der Waals surface area (Å²) in [6.07, 6.45) is 2.81. The van der Waals surface area contributed by atoms with Crippen LogP contribution in [-0.2, 0) is 13.0 Å². The van der Waals surface area contributed by atoms with Crippen molar-refractivity contribution in [1.29, 1.82) is 0 Å². The molecule has 0 unspecified atom stereocenters. The van der Waals surface area contributed by atoms with Crippen molar-refractivity contribution in [3.05, 3.63) is 70.6 Å². The normalized spacial score (nSPS) is 11.1. The molecule has 19 heavy (non-hydrogen) atoms. The van der Waals surface area contributed by atoms with Gasteiger partial charge in [-0.05, 0) is 29.8 Å². The zero-order valence-corrected chi connectivity index (χ0v) is 11.1. The molecule has 0 aliphatic heterocycles. The largest absolute Gasteiger partial charge is 0.325 e. The van der Waals surface area contributed by atoms with E-state index < -0.39 is 0 Å². The van der Waals surface area contributed by atoms with Gasteiger partial charge in [0.2, 0.25) is 0 Å². The number of nitrogens with two attached hydrogens (primary N) is 1. The van der Waals surface area contributed by atoms with Crippen molar-refractivity contribution in [3.63, 3.8) is 0 Å². The molecular formula is C15H14ClN3. The molecule has 0 fully saturated rings. The molecule has 0 spiro atoms. The summed E-state index contributed by atoms with van der Waals surface area (Å²) in [6, 6.07) is 13.8. The molecule has 2 N–H and O–H groups in total. The van der Waals surface area contributed by atoms with Crippen LogP contribution < -0.4 is 5.73 Å². The molecule has 0 radical (unpaired) electrons. The van der Waals surface area contributed by atoms with E-state index in [1.165, 1.54) is 0 Å². The van der Waals surface area contributed by atoms with E-state index in [0.29, 0.717) is 6.54 Å². The standard InChI is InChI=1S/C15H14ClN3/c16-12-4-1-3-11(7-12)8-13-10-19-14(9-17)5-2-6-15(19)18-13/h1-7,10H,8-9,17H2. The Morgan fingerprint density at radius 2 is 2.00 bits per heavy atom. The van der Waals surface area contributed by atoms with Gasteiger partial charge in [-0.15, -0.1) is 0 Å². The summed E-state index contributed by atoms with van der Waals surface area (Å²) in [5.41, 5.74) is 9.89. The molecule has 0 saturated heterocycles. The number of nitrogens with zero attached hydrogens (tertiary/aromatic N) is 2. The summed E-state index contributed by atoms with van der Waals surface area (Å²) in [6.45, 7) is 0.504. The minimum absolute atomic E-state index is 0.504. The smallest absolute Gasteiger partial charge is 0.137 e. The van der Waals surface area contributed by atoms with E-state index in [-0.39, 0.29) is 0 Å². The van der Waals surface area contributed by atoms with Gasteiger partial charge >= 0.3 is 0 Å². The minimum atomic E-state index is 0.504. The Morgan fingerprint density at radius 3 is 2.79 bits per heavy atom. The van der Waals surface area contributed by atoms with Crippen molar-refractivity contribution >= 4 is 17.2 Å². The van der Waals surface area contributed by atoms with Gasteiger partial charge in [-0.25, -0.2) is 4.98 Å². The van der Waals surface area contributed by atoms with Crippen molar-refractivity contribution in [2.24, 2.45) is 5.73 Å². The van der Waals surface area contributed by atoms with Crippen molar-refractivity contribution in [3.8, 4) is 0 Å². The number of halogens is 1. The Balaban J connectivity index is 1.98. The first-order chi connectivity index (χ1) is 9.26. The van der Waals surface area contributed by atoms with Crippen molar-refractivity contribution in [2.75, 3.05) is 0 Å². The number of imidazole rings is 1. The van der Waals surface area contributed by atoms with E-state index in [4.69, 9.17) is 17.3 Å². The fourth-order valence-corrected chi connectivity index (χ4v) is 2.44. The molecule has 0 aliphatic carbocycles. The fourth-order valence-electron chi connectivity index (χ4n) is 2.23. The van der Waals surface area contributed by atoms with Crippen LogP contribution in [0.3, 0.4) is 0 Å². The van der Waals surface area contributed by atoms with E-state index in [1.807, 2.05) is 47.0 Å². The predicted octanol–water partition coefficient (Wildman–Crippen LogP) is 3.04. The average molecular weight is 272 g/mol. The first-order valence-electron chi connectivity index (χ1n) is 6.16. The zero-order valence-electron chi connectivity index (χ0n) is 10.4. The highest BCUT2D eigenvalue weighted by Crippen LogP contribution is 2.16. The highest BCUT2D eigenvalue weighted by atomic mass is 35.5. The Kier molecular flexibility index (Phi) is 3.23. The SMILES string of the molecule is NCc1cccc2nc(Cc3cccc(Cl)c3)cn12. The number of rotatable bonds is 3. The maximum absolute atomic E-state index is 6.00. The molecule has 3 aromatic rings. The Bertz CT molecular complexity index is 718. The first-order valence-corrected chi connectivity index (χ1v) is 6.54. The molecular weight excluding hydrogens is 258 g/mol. The monoisotopic (exact) mass is 271 g/mol. The van der Waals surface area contributed by atoms with Crippen molar-refractivity contribution < 1.29 is 0 Å². The van der Waals surface area contributed by atoms with Gasteiger partial charge in [0.25, 0.3) is 0 Å². The predicted molar refractivity (Wildman–Crippen MR) is 77.3 cm³/mol. The lowest BCUT2D eigenvalue weighted by Crippen LogP contribution is -2.02. The second-order valence-corrected chi connectivity index (χ2v) is 4.92. The van der Waals surface area contributed by atoms with Gasteiger partial charge in [-0.3, -0.25) is 0 Å². The van der Waals surface area contributed by atoms with Gasteiger partial charge in [0.1, 0.15) is 5.65 Å². The molecule has 0 atom stereocenters. The average Bonchev–Trinajstić information content (AvgIpc) is 2.80. The van der Waals surface area contributed by atoms with Crippen LogP contribution in [0, 0.1) is 0 Å². The topological polar surface area (TPSA) is 43.3 Å². The lowest BCUT2D eigenvalue weighted by atomic mass is 10.1. The third-order valence-corrected chi connectivity index (χ3v) is 3.34. The molecule has 4 heteroatoms. The van der Waals surface area contributed by atoms with E-state index in [1.54, 1.807) is 0 Å². The minimum Gasteiger partial charge on any atom is -0.325 e. The summed E-state index contributed by atoms with van der Waals surface area (Å²) < 4.78 is 2.04. The number of benzene rings is 1. The number of hydrogen-bond donors (Lipinski definition) is 1. The number of aromatic nitrogens is 2. The quantitative estimate of drug-likeness (QED) is 0.796. The van der Waals surface area contributed by atoms with Crippen LogP contribution in [0.1, 0.15) is 17.0 Å². The molecule has 2 aromatic heterocycles. The third-order valence-electron chi connectivity index (χ3n) is 3.11. The van der Waals surface area contributed by atoms with Crippen LogP contribution in [0.25, 0.3) is 5.65 Å². The maximum Gasteiger partial charge on any atom is 0.137 e. The number of hydrogen-bond acceptors (Lipinski definition) is 2. The molecule has 0 amide bonds. The summed E-state index contributed by atoms with van der Waals surface area (Å²) in [7, 11) is 0. The van der Waals surface area contributed by atoms with Gasteiger partial charge in [0.15, 0.2) is 0 Å². The Hall–Kier alpha value is -1.84. The molecule has 1 aromatic carbocycles. The van der Waals surface area contributed by atoms with Gasteiger partial charge < -0.3 is 10.1 Å². The first kappa shape index (κ1) is 12.2. The summed E-state index contributed by atoms with van der Waals surface area (Å²) in [5, 5.41) is 0.754. The lowest BCUT2D eigenvalue weighted by Gasteiger charge is -2.00. The fraction of sp³-hybridized carbons (Fsp3) is 0.133. The van der Waals surface area contributed by atoms with E-state index in [9.17, 15) is 0 Å². The van der Waals surface area contributed by atoms with E-state index in [2.05, 4.69) is 11.1 Å². The van der Waals surface area contributed by atoms with Crippen LogP contribution in [0.5, 0.6) is 0 Å². The molecule has 0 aliphatic rings. The van der Waals surface area contributed by atoms with Crippen LogP contribution in [0.4, 0.5) is 0 Å². The van der Waals surface area contributed by atoms with Gasteiger partial charge in [-0.1, -0.05) is 29.8 Å². The Labute approximate surface area is 116 Å². The van der Waals surface area contributed by atoms with Gasteiger partial charge in [0, 0.05) is 29.9 Å². The number of fused-ring (bicyclic) bond motifs is 1. The van der Waals surface area contributed by atoms with E-state index in [0.717, 1.165) is 34.0 Å². The van der Waals surface area contributed by atoms with Crippen molar-refractivity contribution in [1.82, 2.24) is 9.38 Å². The summed E-state index contributed by atoms with van der Waals surface area (Å²) in [4.78, 5) is 4.61. The molecule has 3 nitrogen and oxygen atoms in total. The second-order valence-electron chi connectivity index (χ2n) is 4.49. The molecule has 0 bridgehead atoms. The molecule has 2 heterocycles. The van der Waals surface area contributed by atoms with E-state index >= 15 is 0 Å². The summed E-state index contributed by atoms with van der Waals surface area (Å²) in [5.74, 6) is 0. The highest BCUT2D eigenvalue weighted by molar-refractivity contribution is 6.30. The second kappa shape index (κ2) is 5.03. The molecule has 3 rings (SSSR count). The lowest BCUT2D eigenvalue weighted by molar-refractivity contribution is 0.944. The van der Waals surface area contributed by atoms with Gasteiger partial charge in [-0.2, -0.15) is 0 Å². The van der Waals surface area contributed by atoms with Crippen LogP contribution >= 0.6 is 11.6 Å². The Morgan fingerprint density at radius 1 is 1.16 bits per heavy atom. The maximum atomic E-state index is 6.00. The summed E-state index contributed by atoms with van der Waals surface area (Å²) >= 11 is 6.00. The molecule has 96 valence electrons. The van der Waals surface area contributed by atoms with Gasteiger partial charge in [0.05, 0.1) is 5.69 Å². The highest BCUT2D eigenvalue weighted by Gasteiger charge is 2.05. The zero-order chi connectivity index (χ0) is 13.2. The van der Waals surface area contributed by atoms with Crippen LogP contribution in [0.15, 0.2) is 48.7 Å². The molecule has 0 saturated carbocycles. The third kappa shape index (κ3) is 2.48. The van der Waals surface area contributed by atoms with Crippen LogP contribution in [-0.4, -0.2) is 9.38 Å². The number of pyridine rings is 1. The van der Waals surface area contributed by atoms with Crippen LogP contribution in [0.2, 0.25) is 5.02 Å². The van der Waals surface area contributed by atoms with Crippen molar-refractivity contribution in [2.45, 2.75) is 13.0 Å².